The highest BCUT2D eigenvalue weighted by molar-refractivity contribution is 6.69. The van der Waals surface area contributed by atoms with E-state index >= 15 is 0 Å². The summed E-state index contributed by atoms with van der Waals surface area (Å²) in [6.45, 7) is 21.1. The molecule has 0 radical (unpaired) electrons. The van der Waals surface area contributed by atoms with E-state index < -0.39 is 20.0 Å². The Hall–Kier alpha value is -0.873. The topological polar surface area (TPSA) is 121 Å². The van der Waals surface area contributed by atoms with Crippen molar-refractivity contribution in [1.82, 2.24) is 5.32 Å². The largest absolute Gasteiger partial charge is 0.444 e. The molecule has 0 atom stereocenters. The Labute approximate surface area is 236 Å². The van der Waals surface area contributed by atoms with Crippen molar-refractivity contribution in [1.29, 1.82) is 0 Å². The predicted molar refractivity (Wildman–Crippen MR) is 150 cm³/mol. The van der Waals surface area contributed by atoms with Gasteiger partial charge in [0.25, 0.3) is 0 Å². The molecule has 0 spiro atoms. The minimum Gasteiger partial charge on any atom is -0.444 e. The van der Waals surface area contributed by atoms with Crippen LogP contribution in [0, 0.1) is 0 Å². The van der Waals surface area contributed by atoms with Gasteiger partial charge in [-0.1, -0.05) is 0 Å². The molecule has 0 aliphatic heterocycles. The Kier molecular flexibility index (Phi) is 25.5. The van der Waals surface area contributed by atoms with Gasteiger partial charge in [-0.2, -0.15) is 0 Å². The van der Waals surface area contributed by atoms with Crippen molar-refractivity contribution in [2.45, 2.75) is 46.0 Å². The number of carbonyl (C=O) groups is 1. The summed E-state index contributed by atoms with van der Waals surface area (Å²) in [7, 11) is -1.45. The molecule has 13 heteroatoms. The fourth-order valence-corrected chi connectivity index (χ4v) is 3.28. The average molecular weight is 586 g/mol. The van der Waals surface area contributed by atoms with E-state index in [2.05, 4.69) is 25.0 Å². The van der Waals surface area contributed by atoms with Crippen molar-refractivity contribution in [3.05, 3.63) is 0 Å². The molecule has 0 aliphatic rings. The van der Waals surface area contributed by atoms with Gasteiger partial charge in [0.15, 0.2) is 8.32 Å². The van der Waals surface area contributed by atoms with E-state index in [0.29, 0.717) is 119 Å². The first-order valence-corrected chi connectivity index (χ1v) is 17.2. The first kappa shape index (κ1) is 38.1. The highest BCUT2D eigenvalue weighted by atomic mass is 28.4. The molecule has 0 aromatic rings. The normalized spacial score (nSPS) is 12.2. The van der Waals surface area contributed by atoms with Gasteiger partial charge in [-0.25, -0.2) is 4.79 Å². The van der Waals surface area contributed by atoms with Crippen LogP contribution in [-0.2, 0) is 47.1 Å². The quantitative estimate of drug-likeness (QED) is 0.108. The second-order valence-electron chi connectivity index (χ2n) is 10.3. The molecule has 0 aliphatic carbocycles. The van der Waals surface area contributed by atoms with E-state index in [1.807, 2.05) is 20.8 Å². The van der Waals surface area contributed by atoms with Crippen molar-refractivity contribution in [2.24, 2.45) is 0 Å². The summed E-state index contributed by atoms with van der Waals surface area (Å²) in [4.78, 5) is 11.5. The maximum Gasteiger partial charge on any atom is 0.407 e. The third-order valence-electron chi connectivity index (χ3n) is 4.28. The molecular weight excluding hydrogens is 530 g/mol. The monoisotopic (exact) mass is 585 g/mol. The van der Waals surface area contributed by atoms with E-state index in [1.165, 1.54) is 0 Å². The van der Waals surface area contributed by atoms with Gasteiger partial charge in [-0.3, -0.25) is 0 Å². The minimum absolute atomic E-state index is 0.388. The molecule has 0 fully saturated rings. The number of hydrogen-bond acceptors (Lipinski definition) is 11. The Morgan fingerprint density at radius 3 is 1.08 bits per heavy atom. The number of hydrogen-bond donors (Lipinski definition) is 1. The third kappa shape index (κ3) is 35.1. The molecule has 0 rings (SSSR count). The molecule has 0 aromatic carbocycles. The van der Waals surface area contributed by atoms with Crippen LogP contribution in [0.2, 0.25) is 19.6 Å². The number of alkyl carbamates (subject to hydrolysis) is 1. The Morgan fingerprint density at radius 2 is 0.795 bits per heavy atom. The van der Waals surface area contributed by atoms with E-state index in [1.54, 1.807) is 0 Å². The fourth-order valence-electron chi connectivity index (χ4n) is 2.59. The number of rotatable bonds is 28. The molecule has 234 valence electrons. The minimum atomic E-state index is -1.45. The van der Waals surface area contributed by atoms with E-state index in [4.69, 9.17) is 47.1 Å². The average Bonchev–Trinajstić information content (AvgIpc) is 2.84. The molecule has 0 bridgehead atoms. The van der Waals surface area contributed by atoms with E-state index in [-0.39, 0.29) is 0 Å². The molecule has 0 aromatic heterocycles. The maximum absolute atomic E-state index is 11.5. The van der Waals surface area contributed by atoms with Crippen LogP contribution in [0.15, 0.2) is 0 Å². The number of ether oxygens (including phenoxy) is 9. The molecule has 1 amide bonds. The van der Waals surface area contributed by atoms with E-state index in [9.17, 15) is 4.79 Å². The van der Waals surface area contributed by atoms with Crippen molar-refractivity contribution < 1.29 is 51.9 Å². The second kappa shape index (κ2) is 26.1. The molecule has 39 heavy (non-hydrogen) atoms. The highest BCUT2D eigenvalue weighted by Crippen LogP contribution is 2.06. The van der Waals surface area contributed by atoms with Crippen LogP contribution in [0.4, 0.5) is 4.79 Å². The lowest BCUT2D eigenvalue weighted by Crippen LogP contribution is -2.34. The van der Waals surface area contributed by atoms with Crippen molar-refractivity contribution in [3.8, 4) is 0 Å². The van der Waals surface area contributed by atoms with Crippen molar-refractivity contribution >= 4 is 14.4 Å². The summed E-state index contributed by atoms with van der Waals surface area (Å²) in [5, 5.41) is 2.63. The van der Waals surface area contributed by atoms with Gasteiger partial charge in [0.2, 0.25) is 0 Å². The van der Waals surface area contributed by atoms with Crippen LogP contribution in [-0.4, -0.2) is 139 Å². The molecule has 0 saturated heterocycles. The van der Waals surface area contributed by atoms with Gasteiger partial charge in [-0.15, -0.1) is 0 Å². The zero-order chi connectivity index (χ0) is 29.1. The lowest BCUT2D eigenvalue weighted by atomic mass is 10.2. The highest BCUT2D eigenvalue weighted by Gasteiger charge is 2.15. The van der Waals surface area contributed by atoms with Gasteiger partial charge in [0.1, 0.15) is 5.60 Å². The summed E-state index contributed by atoms with van der Waals surface area (Å²) in [5.41, 5.74) is -0.506. The zero-order valence-corrected chi connectivity index (χ0v) is 26.2. The summed E-state index contributed by atoms with van der Waals surface area (Å²) in [6, 6.07) is 0. The van der Waals surface area contributed by atoms with Gasteiger partial charge >= 0.3 is 6.09 Å². The smallest absolute Gasteiger partial charge is 0.407 e. The van der Waals surface area contributed by atoms with Gasteiger partial charge in [0, 0.05) is 6.54 Å². The van der Waals surface area contributed by atoms with E-state index in [0.717, 1.165) is 0 Å². The van der Waals surface area contributed by atoms with Crippen LogP contribution >= 0.6 is 0 Å². The SMILES string of the molecule is CC(C)(C)OC(=O)NCCOCCOCCOCCOCCOCCOCCOCCOCCO[Si](C)(C)C. The standard InChI is InChI=1S/C26H55NO11Si/c1-26(2,3)38-25(28)27-7-8-29-9-10-30-11-12-31-13-14-32-15-16-33-17-18-34-19-20-35-21-22-36-23-24-37-39(4,5)6/h7-24H2,1-6H3,(H,27,28). The van der Waals surface area contributed by atoms with Crippen LogP contribution in [0.5, 0.6) is 0 Å². The first-order chi connectivity index (χ1) is 18.6. The molecule has 1 N–H and O–H groups in total. The van der Waals surface area contributed by atoms with Gasteiger partial charge in [-0.05, 0) is 40.4 Å². The molecule has 0 unspecified atom stereocenters. The number of amides is 1. The van der Waals surface area contributed by atoms with Crippen molar-refractivity contribution in [3.63, 3.8) is 0 Å². The summed E-state index contributed by atoms with van der Waals surface area (Å²) >= 11 is 0. The fraction of sp³-hybridized carbons (Fsp3) is 0.962. The Balaban J connectivity index is 3.12. The van der Waals surface area contributed by atoms with Crippen LogP contribution < -0.4 is 5.32 Å². The number of carbonyl (C=O) groups excluding carboxylic acids is 1. The lowest BCUT2D eigenvalue weighted by molar-refractivity contribution is -0.0236. The Morgan fingerprint density at radius 1 is 0.513 bits per heavy atom. The summed E-state index contributed by atoms with van der Waals surface area (Å²) in [5.74, 6) is 0. The third-order valence-corrected chi connectivity index (χ3v) is 5.35. The predicted octanol–water partition coefficient (Wildman–Crippen LogP) is 2.50. The Bertz CT molecular complexity index is 545. The van der Waals surface area contributed by atoms with Crippen LogP contribution in [0.3, 0.4) is 0 Å². The second-order valence-corrected chi connectivity index (χ2v) is 14.8. The van der Waals surface area contributed by atoms with Crippen LogP contribution in [0.1, 0.15) is 20.8 Å². The summed E-state index contributed by atoms with van der Waals surface area (Å²) < 4.78 is 54.4. The molecule has 12 nitrogen and oxygen atoms in total. The molecule has 0 heterocycles. The molecule has 0 saturated carbocycles. The maximum atomic E-state index is 11.5. The molecular formula is C26H55NO11Si. The first-order valence-electron chi connectivity index (χ1n) is 13.8. The lowest BCUT2D eigenvalue weighted by Gasteiger charge is -2.19. The van der Waals surface area contributed by atoms with Gasteiger partial charge in [0.05, 0.1) is 112 Å². The summed E-state index contributed by atoms with van der Waals surface area (Å²) in [6.07, 6.45) is -0.448. The zero-order valence-electron chi connectivity index (χ0n) is 25.2. The van der Waals surface area contributed by atoms with Crippen molar-refractivity contribution in [2.75, 3.05) is 119 Å². The van der Waals surface area contributed by atoms with Gasteiger partial charge < -0.3 is 52.4 Å². The number of nitrogens with one attached hydrogen (secondary N) is 1. The van der Waals surface area contributed by atoms with Crippen LogP contribution in [0.25, 0.3) is 0 Å².